The topological polar surface area (TPSA) is 51.3 Å². The number of allylic oxidation sites excluding steroid dienone is 2. The van der Waals surface area contributed by atoms with E-state index < -0.39 is 0 Å². The number of aliphatic hydroxyl groups excluding tert-OH is 1. The lowest BCUT2D eigenvalue weighted by Crippen LogP contribution is -2.71. The van der Waals surface area contributed by atoms with Crippen LogP contribution in [-0.2, 0) is 11.3 Å². The Morgan fingerprint density at radius 1 is 1.25 bits per heavy atom. The third-order valence-electron chi connectivity index (χ3n) is 3.63. The second-order valence-corrected chi connectivity index (χ2v) is 6.23. The van der Waals surface area contributed by atoms with Crippen LogP contribution in [0.2, 0.25) is 0 Å². The first-order chi connectivity index (χ1) is 9.39. The van der Waals surface area contributed by atoms with Crippen molar-refractivity contribution in [2.75, 3.05) is 0 Å². The standard InChI is InChI=1S/C17H21NO2/c1-12(18-11-13-7-5-4-6-8-13)16-14(19)9-17(2,3)10-15(16)20/h4-8,19H,9-11H2,1-3H3/p+1. The van der Waals surface area contributed by atoms with E-state index in [1.54, 1.807) is 0 Å². The van der Waals surface area contributed by atoms with Crippen LogP contribution in [0.1, 0.15) is 39.2 Å². The minimum Gasteiger partial charge on any atom is -0.511 e. The summed E-state index contributed by atoms with van der Waals surface area (Å²) in [7, 11) is 0. The fraction of sp³-hybridized carbons (Fsp3) is 0.412. The van der Waals surface area contributed by atoms with Gasteiger partial charge in [-0.15, -0.1) is 0 Å². The second kappa shape index (κ2) is 5.61. The molecule has 1 aliphatic rings. The Morgan fingerprint density at radius 2 is 1.90 bits per heavy atom. The Kier molecular flexibility index (Phi) is 4.07. The average Bonchev–Trinajstić information content (AvgIpc) is 2.35. The molecule has 0 saturated heterocycles. The van der Waals surface area contributed by atoms with Gasteiger partial charge in [0.2, 0.25) is 0 Å². The van der Waals surface area contributed by atoms with Crippen molar-refractivity contribution in [2.45, 2.75) is 40.2 Å². The normalized spacial score (nSPS) is 19.4. The van der Waals surface area contributed by atoms with Gasteiger partial charge >= 0.3 is 0 Å². The molecular formula is C17H22NO2+. The predicted octanol–water partition coefficient (Wildman–Crippen LogP) is 1.93. The summed E-state index contributed by atoms with van der Waals surface area (Å²) >= 11 is 0. The molecule has 1 aliphatic carbocycles. The molecule has 0 spiro atoms. The number of carbonyl (C=O) groups excluding carboxylic acids is 1. The highest BCUT2D eigenvalue weighted by molar-refractivity contribution is 6.20. The fourth-order valence-corrected chi connectivity index (χ4v) is 2.63. The van der Waals surface area contributed by atoms with Gasteiger partial charge in [-0.3, -0.25) is 4.79 Å². The van der Waals surface area contributed by atoms with Gasteiger partial charge in [-0.1, -0.05) is 44.2 Å². The van der Waals surface area contributed by atoms with Gasteiger partial charge in [-0.2, -0.15) is 0 Å². The zero-order chi connectivity index (χ0) is 14.8. The fourth-order valence-electron chi connectivity index (χ4n) is 2.63. The van der Waals surface area contributed by atoms with Crippen LogP contribution in [0.15, 0.2) is 41.7 Å². The van der Waals surface area contributed by atoms with E-state index in [9.17, 15) is 9.90 Å². The summed E-state index contributed by atoms with van der Waals surface area (Å²) < 4.78 is 0. The van der Waals surface area contributed by atoms with Gasteiger partial charge in [0.15, 0.2) is 18.0 Å². The third kappa shape index (κ3) is 3.35. The molecule has 0 saturated carbocycles. The summed E-state index contributed by atoms with van der Waals surface area (Å²) in [6.07, 6.45) is 1.04. The summed E-state index contributed by atoms with van der Waals surface area (Å²) in [5, 5.41) is 10.1. The predicted molar refractivity (Wildman–Crippen MR) is 79.5 cm³/mol. The second-order valence-electron chi connectivity index (χ2n) is 6.23. The SMILES string of the molecule is CC(=[NH+]Cc1ccccc1)C1=C(O)CC(C)(C)CC1=O. The Labute approximate surface area is 120 Å². The van der Waals surface area contributed by atoms with Crippen molar-refractivity contribution in [1.82, 2.24) is 0 Å². The molecule has 0 amide bonds. The number of nitrogens with one attached hydrogen (secondary N) is 1. The van der Waals surface area contributed by atoms with Gasteiger partial charge in [0.1, 0.15) is 11.3 Å². The molecule has 0 heterocycles. The Morgan fingerprint density at radius 3 is 2.50 bits per heavy atom. The maximum absolute atomic E-state index is 12.2. The Balaban J connectivity index is 2.20. The van der Waals surface area contributed by atoms with E-state index in [0.717, 1.165) is 11.3 Å². The van der Waals surface area contributed by atoms with E-state index in [1.807, 2.05) is 51.1 Å². The zero-order valence-electron chi connectivity index (χ0n) is 12.4. The first-order valence-corrected chi connectivity index (χ1v) is 6.96. The number of Topliss-reactive ketones (excluding diaryl/α,β-unsaturated/α-hetero) is 1. The van der Waals surface area contributed by atoms with Crippen molar-refractivity contribution in [3.63, 3.8) is 0 Å². The molecule has 0 bridgehead atoms. The minimum atomic E-state index is -0.148. The highest BCUT2D eigenvalue weighted by atomic mass is 16.3. The number of ketones is 1. The Hall–Kier alpha value is -1.90. The molecule has 106 valence electrons. The van der Waals surface area contributed by atoms with Crippen LogP contribution in [0.3, 0.4) is 0 Å². The Bertz CT molecular complexity index is 568. The van der Waals surface area contributed by atoms with Crippen LogP contribution in [0.5, 0.6) is 0 Å². The lowest BCUT2D eigenvalue weighted by Gasteiger charge is -2.28. The highest BCUT2D eigenvalue weighted by Gasteiger charge is 2.35. The monoisotopic (exact) mass is 272 g/mol. The van der Waals surface area contributed by atoms with Crippen LogP contribution in [0.25, 0.3) is 0 Å². The first-order valence-electron chi connectivity index (χ1n) is 6.96. The molecule has 3 nitrogen and oxygen atoms in total. The summed E-state index contributed by atoms with van der Waals surface area (Å²) in [5.74, 6) is 0.237. The molecule has 0 radical (unpaired) electrons. The molecule has 2 rings (SSSR count). The lowest BCUT2D eigenvalue weighted by atomic mass is 9.76. The maximum Gasteiger partial charge on any atom is 0.185 e. The van der Waals surface area contributed by atoms with Crippen LogP contribution in [0, 0.1) is 5.41 Å². The van der Waals surface area contributed by atoms with E-state index >= 15 is 0 Å². The molecule has 1 aromatic rings. The summed E-state index contributed by atoms with van der Waals surface area (Å²) in [4.78, 5) is 15.4. The molecule has 3 heteroatoms. The van der Waals surface area contributed by atoms with Crippen molar-refractivity contribution in [3.05, 3.63) is 47.2 Å². The number of benzene rings is 1. The van der Waals surface area contributed by atoms with Gasteiger partial charge in [0.05, 0.1) is 0 Å². The van der Waals surface area contributed by atoms with Crippen molar-refractivity contribution in [2.24, 2.45) is 5.41 Å². The van der Waals surface area contributed by atoms with Crippen molar-refractivity contribution < 1.29 is 14.9 Å². The lowest BCUT2D eigenvalue weighted by molar-refractivity contribution is -0.475. The van der Waals surface area contributed by atoms with Gasteiger partial charge in [0, 0.05) is 25.3 Å². The number of aliphatic hydroxyl groups is 1. The van der Waals surface area contributed by atoms with E-state index in [2.05, 4.69) is 4.99 Å². The molecule has 0 aliphatic heterocycles. The molecule has 1 aromatic carbocycles. The van der Waals surface area contributed by atoms with Crippen molar-refractivity contribution in [3.8, 4) is 0 Å². The van der Waals surface area contributed by atoms with Crippen molar-refractivity contribution in [1.29, 1.82) is 0 Å². The molecule has 0 fully saturated rings. The molecule has 20 heavy (non-hydrogen) atoms. The molecule has 0 unspecified atom stereocenters. The van der Waals surface area contributed by atoms with Gasteiger partial charge in [0.25, 0.3) is 0 Å². The smallest absolute Gasteiger partial charge is 0.185 e. The highest BCUT2D eigenvalue weighted by Crippen LogP contribution is 2.35. The van der Waals surface area contributed by atoms with Crippen LogP contribution < -0.4 is 4.99 Å². The summed E-state index contributed by atoms with van der Waals surface area (Å²) in [6.45, 7) is 6.51. The van der Waals surface area contributed by atoms with E-state index in [0.29, 0.717) is 25.0 Å². The zero-order valence-corrected chi connectivity index (χ0v) is 12.4. The average molecular weight is 272 g/mol. The summed E-state index contributed by atoms with van der Waals surface area (Å²) in [6, 6.07) is 10.00. The number of hydrogen-bond donors (Lipinski definition) is 2. The van der Waals surface area contributed by atoms with E-state index in [-0.39, 0.29) is 17.0 Å². The maximum atomic E-state index is 12.2. The minimum absolute atomic E-state index is 0.0248. The molecule has 0 atom stereocenters. The summed E-state index contributed by atoms with van der Waals surface area (Å²) in [5.41, 5.74) is 2.23. The van der Waals surface area contributed by atoms with Gasteiger partial charge in [-0.25, -0.2) is 4.99 Å². The van der Waals surface area contributed by atoms with Gasteiger partial charge < -0.3 is 5.11 Å². The third-order valence-corrected chi connectivity index (χ3v) is 3.63. The number of carbonyl (C=O) groups is 1. The molecular weight excluding hydrogens is 250 g/mol. The van der Waals surface area contributed by atoms with Crippen molar-refractivity contribution >= 4 is 11.5 Å². The largest absolute Gasteiger partial charge is 0.511 e. The number of hydrogen-bond acceptors (Lipinski definition) is 2. The quantitative estimate of drug-likeness (QED) is 0.826. The van der Waals surface area contributed by atoms with Crippen LogP contribution in [0.4, 0.5) is 0 Å². The molecule has 0 aromatic heterocycles. The van der Waals surface area contributed by atoms with Crippen LogP contribution >= 0.6 is 0 Å². The first kappa shape index (κ1) is 14.5. The van der Waals surface area contributed by atoms with Crippen LogP contribution in [-0.4, -0.2) is 16.6 Å². The van der Waals surface area contributed by atoms with E-state index in [4.69, 9.17) is 0 Å². The number of rotatable bonds is 3. The van der Waals surface area contributed by atoms with Gasteiger partial charge in [-0.05, 0) is 5.41 Å². The molecule has 2 N–H and O–H groups in total. The van der Waals surface area contributed by atoms with E-state index in [1.165, 1.54) is 0 Å².